The van der Waals surface area contributed by atoms with Gasteiger partial charge in [0.15, 0.2) is 0 Å². The second-order valence-electron chi connectivity index (χ2n) is 4.76. The number of hydrogen-bond donors (Lipinski definition) is 2. The van der Waals surface area contributed by atoms with Crippen LogP contribution in [0.15, 0.2) is 23.1 Å². The van der Waals surface area contributed by atoms with Gasteiger partial charge in [-0.25, -0.2) is 0 Å². The molecular formula is C14H20N2O4. The van der Waals surface area contributed by atoms with Crippen molar-refractivity contribution >= 4 is 5.91 Å². The SMILES string of the molecule is O=C(NCCCOCC1CCCO1)c1ccc(=O)[nH]c1. The van der Waals surface area contributed by atoms with E-state index in [1.807, 2.05) is 0 Å². The molecule has 1 aromatic heterocycles. The number of aromatic amines is 1. The van der Waals surface area contributed by atoms with Crippen molar-refractivity contribution in [2.45, 2.75) is 25.4 Å². The lowest BCUT2D eigenvalue weighted by atomic mass is 10.2. The highest BCUT2D eigenvalue weighted by Crippen LogP contribution is 2.11. The van der Waals surface area contributed by atoms with Gasteiger partial charge in [0.2, 0.25) is 5.56 Å². The number of amides is 1. The summed E-state index contributed by atoms with van der Waals surface area (Å²) >= 11 is 0. The van der Waals surface area contributed by atoms with Crippen molar-refractivity contribution in [3.8, 4) is 0 Å². The van der Waals surface area contributed by atoms with Gasteiger partial charge in [-0.3, -0.25) is 9.59 Å². The molecule has 0 bridgehead atoms. The summed E-state index contributed by atoms with van der Waals surface area (Å²) in [5.74, 6) is -0.194. The summed E-state index contributed by atoms with van der Waals surface area (Å²) in [6, 6.07) is 2.84. The molecule has 0 aromatic carbocycles. The number of H-pyrrole nitrogens is 1. The van der Waals surface area contributed by atoms with Gasteiger partial charge in [-0.2, -0.15) is 0 Å². The van der Waals surface area contributed by atoms with E-state index < -0.39 is 0 Å². The van der Waals surface area contributed by atoms with Crippen LogP contribution in [0.3, 0.4) is 0 Å². The molecule has 0 aliphatic carbocycles. The highest BCUT2D eigenvalue weighted by Gasteiger charge is 2.14. The zero-order chi connectivity index (χ0) is 14.2. The van der Waals surface area contributed by atoms with Crippen molar-refractivity contribution in [1.82, 2.24) is 10.3 Å². The minimum absolute atomic E-state index is 0.194. The molecule has 2 rings (SSSR count). The second kappa shape index (κ2) is 7.81. The van der Waals surface area contributed by atoms with E-state index >= 15 is 0 Å². The normalized spacial score (nSPS) is 18.1. The summed E-state index contributed by atoms with van der Waals surface area (Å²) in [6.07, 6.45) is 4.59. The van der Waals surface area contributed by atoms with Crippen molar-refractivity contribution < 1.29 is 14.3 Å². The summed E-state index contributed by atoms with van der Waals surface area (Å²) in [4.78, 5) is 25.0. The predicted molar refractivity (Wildman–Crippen MR) is 73.8 cm³/mol. The average Bonchev–Trinajstić information content (AvgIpc) is 2.96. The third-order valence-corrected chi connectivity index (χ3v) is 3.13. The van der Waals surface area contributed by atoms with Crippen LogP contribution in [0.4, 0.5) is 0 Å². The molecule has 1 unspecified atom stereocenters. The van der Waals surface area contributed by atoms with Gasteiger partial charge in [-0.15, -0.1) is 0 Å². The zero-order valence-corrected chi connectivity index (χ0v) is 11.4. The molecule has 0 spiro atoms. The van der Waals surface area contributed by atoms with Gasteiger partial charge >= 0.3 is 0 Å². The van der Waals surface area contributed by atoms with Gasteiger partial charge < -0.3 is 19.8 Å². The van der Waals surface area contributed by atoms with Crippen LogP contribution in [-0.2, 0) is 9.47 Å². The summed E-state index contributed by atoms with van der Waals surface area (Å²) in [6.45, 7) is 2.62. The number of carbonyl (C=O) groups is 1. The number of ether oxygens (including phenoxy) is 2. The molecule has 1 aromatic rings. The molecule has 6 heteroatoms. The molecule has 1 amide bonds. The highest BCUT2D eigenvalue weighted by atomic mass is 16.5. The first-order chi connectivity index (χ1) is 9.75. The molecule has 1 aliphatic heterocycles. The molecule has 2 N–H and O–H groups in total. The first kappa shape index (κ1) is 14.7. The van der Waals surface area contributed by atoms with Gasteiger partial charge in [0, 0.05) is 32.0 Å². The summed E-state index contributed by atoms with van der Waals surface area (Å²) in [7, 11) is 0. The van der Waals surface area contributed by atoms with E-state index in [1.165, 1.54) is 18.3 Å². The van der Waals surface area contributed by atoms with E-state index in [0.717, 1.165) is 25.9 Å². The number of carbonyl (C=O) groups excluding carboxylic acids is 1. The first-order valence-electron chi connectivity index (χ1n) is 6.92. The Balaban J connectivity index is 1.55. The summed E-state index contributed by atoms with van der Waals surface area (Å²) in [5.41, 5.74) is 0.231. The van der Waals surface area contributed by atoms with E-state index in [2.05, 4.69) is 10.3 Å². The Morgan fingerprint density at radius 2 is 2.40 bits per heavy atom. The number of pyridine rings is 1. The lowest BCUT2D eigenvalue weighted by Crippen LogP contribution is -2.26. The van der Waals surface area contributed by atoms with Crippen LogP contribution in [0.5, 0.6) is 0 Å². The maximum absolute atomic E-state index is 11.7. The van der Waals surface area contributed by atoms with Crippen LogP contribution in [-0.4, -0.2) is 43.4 Å². The number of nitrogens with one attached hydrogen (secondary N) is 2. The van der Waals surface area contributed by atoms with Crippen LogP contribution in [0.25, 0.3) is 0 Å². The number of aromatic nitrogens is 1. The number of hydrogen-bond acceptors (Lipinski definition) is 4. The minimum Gasteiger partial charge on any atom is -0.379 e. The van der Waals surface area contributed by atoms with E-state index in [0.29, 0.717) is 25.3 Å². The first-order valence-corrected chi connectivity index (χ1v) is 6.92. The van der Waals surface area contributed by atoms with Gasteiger partial charge in [0.25, 0.3) is 5.91 Å². The summed E-state index contributed by atoms with van der Waals surface area (Å²) in [5, 5.41) is 2.77. The van der Waals surface area contributed by atoms with Crippen LogP contribution in [0.1, 0.15) is 29.6 Å². The molecule has 6 nitrogen and oxygen atoms in total. The molecule has 1 fully saturated rings. The Morgan fingerprint density at radius 3 is 3.10 bits per heavy atom. The van der Waals surface area contributed by atoms with Crippen LogP contribution in [0.2, 0.25) is 0 Å². The molecule has 0 radical (unpaired) electrons. The smallest absolute Gasteiger partial charge is 0.252 e. The van der Waals surface area contributed by atoms with Crippen molar-refractivity contribution in [3.63, 3.8) is 0 Å². The van der Waals surface area contributed by atoms with E-state index in [1.54, 1.807) is 0 Å². The van der Waals surface area contributed by atoms with Crippen LogP contribution in [0, 0.1) is 0 Å². The fraction of sp³-hybridized carbons (Fsp3) is 0.571. The van der Waals surface area contributed by atoms with Crippen molar-refractivity contribution in [2.24, 2.45) is 0 Å². The largest absolute Gasteiger partial charge is 0.379 e. The Kier molecular flexibility index (Phi) is 5.76. The van der Waals surface area contributed by atoms with Gasteiger partial charge in [-0.1, -0.05) is 0 Å². The maximum Gasteiger partial charge on any atom is 0.252 e. The third kappa shape index (κ3) is 4.79. The molecule has 1 aliphatic rings. The second-order valence-corrected chi connectivity index (χ2v) is 4.76. The molecule has 110 valence electrons. The Labute approximate surface area is 117 Å². The third-order valence-electron chi connectivity index (χ3n) is 3.13. The van der Waals surface area contributed by atoms with E-state index in [9.17, 15) is 9.59 Å². The van der Waals surface area contributed by atoms with Crippen molar-refractivity contribution in [2.75, 3.05) is 26.4 Å². The molecule has 2 heterocycles. The zero-order valence-electron chi connectivity index (χ0n) is 11.4. The molecular weight excluding hydrogens is 260 g/mol. The highest BCUT2D eigenvalue weighted by molar-refractivity contribution is 5.93. The maximum atomic E-state index is 11.7. The van der Waals surface area contributed by atoms with E-state index in [-0.39, 0.29) is 17.6 Å². The Hall–Kier alpha value is -1.66. The van der Waals surface area contributed by atoms with E-state index in [4.69, 9.17) is 9.47 Å². The average molecular weight is 280 g/mol. The van der Waals surface area contributed by atoms with Gasteiger partial charge in [0.1, 0.15) is 0 Å². The minimum atomic E-state index is -0.218. The lowest BCUT2D eigenvalue weighted by Gasteiger charge is -2.10. The lowest BCUT2D eigenvalue weighted by molar-refractivity contribution is 0.0166. The molecule has 1 saturated heterocycles. The fourth-order valence-corrected chi connectivity index (χ4v) is 2.02. The quantitative estimate of drug-likeness (QED) is 0.720. The topological polar surface area (TPSA) is 80.4 Å². The van der Waals surface area contributed by atoms with Crippen molar-refractivity contribution in [1.29, 1.82) is 0 Å². The molecule has 0 saturated carbocycles. The summed E-state index contributed by atoms with van der Waals surface area (Å²) < 4.78 is 10.9. The van der Waals surface area contributed by atoms with Gasteiger partial charge in [0.05, 0.1) is 18.3 Å². The molecule has 1 atom stereocenters. The van der Waals surface area contributed by atoms with Crippen LogP contribution >= 0.6 is 0 Å². The molecule has 20 heavy (non-hydrogen) atoms. The predicted octanol–water partition coefficient (Wildman–Crippen LogP) is 0.690. The number of rotatable bonds is 7. The fourth-order valence-electron chi connectivity index (χ4n) is 2.02. The monoisotopic (exact) mass is 280 g/mol. The van der Waals surface area contributed by atoms with Crippen molar-refractivity contribution in [3.05, 3.63) is 34.2 Å². The Bertz CT molecular complexity index is 460. The van der Waals surface area contributed by atoms with Crippen LogP contribution < -0.4 is 10.9 Å². The van der Waals surface area contributed by atoms with Gasteiger partial charge in [-0.05, 0) is 25.3 Å². The Morgan fingerprint density at radius 1 is 1.50 bits per heavy atom. The standard InChI is InChI=1S/C14H20N2O4/c17-13-5-4-11(9-16-13)14(18)15-6-2-7-19-10-12-3-1-8-20-12/h4-5,9,12H,1-3,6-8,10H2,(H,15,18)(H,16,17).